The SMILES string of the molecule is Cc1nc(CNCC(O)c2ccc(CC(C)C)cc2)no1. The fraction of sp³-hybridized carbons (Fsp3) is 0.500. The molecule has 1 aromatic carbocycles. The van der Waals surface area contributed by atoms with Gasteiger partial charge in [-0.3, -0.25) is 0 Å². The Morgan fingerprint density at radius 2 is 1.95 bits per heavy atom. The summed E-state index contributed by atoms with van der Waals surface area (Å²) in [5, 5.41) is 17.1. The zero-order valence-corrected chi connectivity index (χ0v) is 12.8. The van der Waals surface area contributed by atoms with Gasteiger partial charge < -0.3 is 14.9 Å². The van der Waals surface area contributed by atoms with Crippen LogP contribution in [0.15, 0.2) is 28.8 Å². The van der Waals surface area contributed by atoms with Gasteiger partial charge in [0.25, 0.3) is 0 Å². The van der Waals surface area contributed by atoms with E-state index in [1.165, 1.54) is 5.56 Å². The van der Waals surface area contributed by atoms with Gasteiger partial charge in [-0.15, -0.1) is 0 Å². The molecule has 5 heteroatoms. The lowest BCUT2D eigenvalue weighted by Gasteiger charge is -2.12. The molecule has 0 aliphatic rings. The lowest BCUT2D eigenvalue weighted by Crippen LogP contribution is -2.21. The number of aryl methyl sites for hydroxylation is 1. The van der Waals surface area contributed by atoms with Crippen LogP contribution in [0.4, 0.5) is 0 Å². The summed E-state index contributed by atoms with van der Waals surface area (Å²) in [4.78, 5) is 4.10. The Kier molecular flexibility index (Phi) is 5.47. The third kappa shape index (κ3) is 4.95. The van der Waals surface area contributed by atoms with E-state index in [4.69, 9.17) is 4.52 Å². The van der Waals surface area contributed by atoms with Crippen molar-refractivity contribution < 1.29 is 9.63 Å². The number of benzene rings is 1. The van der Waals surface area contributed by atoms with Crippen molar-refractivity contribution in [2.75, 3.05) is 6.54 Å². The average molecular weight is 289 g/mol. The zero-order valence-electron chi connectivity index (χ0n) is 12.8. The Balaban J connectivity index is 1.81. The van der Waals surface area contributed by atoms with E-state index in [0.29, 0.717) is 30.7 Å². The van der Waals surface area contributed by atoms with Gasteiger partial charge in [-0.05, 0) is 23.5 Å². The second-order valence-electron chi connectivity index (χ2n) is 5.72. The molecule has 0 amide bonds. The minimum absolute atomic E-state index is 0.455. The molecule has 1 heterocycles. The lowest BCUT2D eigenvalue weighted by atomic mass is 10.0. The van der Waals surface area contributed by atoms with E-state index in [9.17, 15) is 5.11 Å². The molecular formula is C16H23N3O2. The molecule has 2 rings (SSSR count). The molecule has 0 saturated heterocycles. The first-order chi connectivity index (χ1) is 10.0. The molecule has 0 radical (unpaired) electrons. The van der Waals surface area contributed by atoms with Crippen molar-refractivity contribution in [1.29, 1.82) is 0 Å². The number of aliphatic hydroxyl groups excluding tert-OH is 1. The van der Waals surface area contributed by atoms with Gasteiger partial charge in [0.05, 0.1) is 12.6 Å². The van der Waals surface area contributed by atoms with E-state index >= 15 is 0 Å². The summed E-state index contributed by atoms with van der Waals surface area (Å²) in [6.45, 7) is 7.10. The van der Waals surface area contributed by atoms with Crippen LogP contribution in [-0.4, -0.2) is 21.8 Å². The molecule has 5 nitrogen and oxygen atoms in total. The summed E-state index contributed by atoms with van der Waals surface area (Å²) in [5.74, 6) is 1.79. The first-order valence-electron chi connectivity index (χ1n) is 7.31. The molecule has 1 atom stereocenters. The maximum atomic E-state index is 10.1. The van der Waals surface area contributed by atoms with Crippen LogP contribution in [0.3, 0.4) is 0 Å². The highest BCUT2D eigenvalue weighted by Crippen LogP contribution is 2.15. The molecule has 0 saturated carbocycles. The summed E-state index contributed by atoms with van der Waals surface area (Å²) < 4.78 is 4.89. The van der Waals surface area contributed by atoms with Crippen molar-refractivity contribution in [2.24, 2.45) is 5.92 Å². The Morgan fingerprint density at radius 1 is 1.24 bits per heavy atom. The maximum absolute atomic E-state index is 10.1. The highest BCUT2D eigenvalue weighted by molar-refractivity contribution is 5.24. The number of hydrogen-bond acceptors (Lipinski definition) is 5. The average Bonchev–Trinajstić information content (AvgIpc) is 2.84. The van der Waals surface area contributed by atoms with Crippen molar-refractivity contribution >= 4 is 0 Å². The van der Waals surface area contributed by atoms with Crippen molar-refractivity contribution in [3.8, 4) is 0 Å². The topological polar surface area (TPSA) is 71.2 Å². The molecule has 114 valence electrons. The van der Waals surface area contributed by atoms with Crippen molar-refractivity contribution in [3.05, 3.63) is 47.1 Å². The summed E-state index contributed by atoms with van der Waals surface area (Å²) in [6.07, 6.45) is 0.525. The number of hydrogen-bond donors (Lipinski definition) is 2. The quantitative estimate of drug-likeness (QED) is 0.819. The van der Waals surface area contributed by atoms with Crippen molar-refractivity contribution in [2.45, 2.75) is 39.8 Å². The number of aliphatic hydroxyl groups is 1. The molecule has 0 bridgehead atoms. The molecule has 21 heavy (non-hydrogen) atoms. The monoisotopic (exact) mass is 289 g/mol. The molecule has 0 fully saturated rings. The smallest absolute Gasteiger partial charge is 0.223 e. The van der Waals surface area contributed by atoms with Crippen molar-refractivity contribution in [3.63, 3.8) is 0 Å². The van der Waals surface area contributed by atoms with E-state index < -0.39 is 6.10 Å². The Labute approximate surface area is 125 Å². The highest BCUT2D eigenvalue weighted by Gasteiger charge is 2.08. The highest BCUT2D eigenvalue weighted by atomic mass is 16.5. The lowest BCUT2D eigenvalue weighted by molar-refractivity contribution is 0.174. The van der Waals surface area contributed by atoms with Crippen molar-refractivity contribution in [1.82, 2.24) is 15.5 Å². The minimum Gasteiger partial charge on any atom is -0.387 e. The van der Waals surface area contributed by atoms with Crippen LogP contribution >= 0.6 is 0 Å². The minimum atomic E-state index is -0.536. The first-order valence-corrected chi connectivity index (χ1v) is 7.31. The number of nitrogens with one attached hydrogen (secondary N) is 1. The van der Waals surface area contributed by atoms with Crippen LogP contribution in [-0.2, 0) is 13.0 Å². The van der Waals surface area contributed by atoms with E-state index in [1.54, 1.807) is 6.92 Å². The molecule has 1 unspecified atom stereocenters. The predicted octanol–water partition coefficient (Wildman–Crippen LogP) is 2.40. The second-order valence-corrected chi connectivity index (χ2v) is 5.72. The molecule has 2 aromatic rings. The van der Waals surface area contributed by atoms with E-state index in [1.807, 2.05) is 12.1 Å². The molecule has 0 aliphatic heterocycles. The molecular weight excluding hydrogens is 266 g/mol. The Hall–Kier alpha value is -1.72. The van der Waals surface area contributed by atoms with Gasteiger partial charge in [-0.25, -0.2) is 0 Å². The van der Waals surface area contributed by atoms with Gasteiger partial charge in [-0.1, -0.05) is 43.3 Å². The van der Waals surface area contributed by atoms with Crippen LogP contribution < -0.4 is 5.32 Å². The van der Waals surface area contributed by atoms with Gasteiger partial charge in [-0.2, -0.15) is 4.98 Å². The van der Waals surface area contributed by atoms with Crippen LogP contribution in [0.5, 0.6) is 0 Å². The summed E-state index contributed by atoms with van der Waals surface area (Å²) in [5.41, 5.74) is 2.22. The van der Waals surface area contributed by atoms with Gasteiger partial charge in [0.1, 0.15) is 0 Å². The fourth-order valence-electron chi connectivity index (χ4n) is 2.20. The number of aromatic nitrogens is 2. The Morgan fingerprint density at radius 3 is 2.52 bits per heavy atom. The molecule has 2 N–H and O–H groups in total. The van der Waals surface area contributed by atoms with Gasteiger partial charge in [0, 0.05) is 13.5 Å². The van der Waals surface area contributed by atoms with Crippen LogP contribution in [0.2, 0.25) is 0 Å². The molecule has 1 aromatic heterocycles. The second kappa shape index (κ2) is 7.33. The third-order valence-corrected chi connectivity index (χ3v) is 3.20. The number of rotatable bonds is 7. The normalized spacial score (nSPS) is 12.8. The largest absolute Gasteiger partial charge is 0.387 e. The zero-order chi connectivity index (χ0) is 15.2. The maximum Gasteiger partial charge on any atom is 0.223 e. The van der Waals surface area contributed by atoms with Gasteiger partial charge in [0.2, 0.25) is 5.89 Å². The van der Waals surface area contributed by atoms with Crippen LogP contribution in [0, 0.1) is 12.8 Å². The van der Waals surface area contributed by atoms with Crippen LogP contribution in [0.1, 0.15) is 42.8 Å². The van der Waals surface area contributed by atoms with E-state index in [-0.39, 0.29) is 0 Å². The summed E-state index contributed by atoms with van der Waals surface area (Å²) >= 11 is 0. The van der Waals surface area contributed by atoms with E-state index in [2.05, 4.69) is 41.4 Å². The first kappa shape index (κ1) is 15.7. The summed E-state index contributed by atoms with van der Waals surface area (Å²) in [6, 6.07) is 8.15. The standard InChI is InChI=1S/C16H23N3O2/c1-11(2)8-13-4-6-14(7-5-13)15(20)9-17-10-16-18-12(3)21-19-16/h4-7,11,15,17,20H,8-10H2,1-3H3. The Bertz CT molecular complexity index is 549. The van der Waals surface area contributed by atoms with Crippen LogP contribution in [0.25, 0.3) is 0 Å². The van der Waals surface area contributed by atoms with E-state index in [0.717, 1.165) is 12.0 Å². The summed E-state index contributed by atoms with van der Waals surface area (Å²) in [7, 11) is 0. The molecule has 0 aliphatic carbocycles. The van der Waals surface area contributed by atoms with Gasteiger partial charge >= 0.3 is 0 Å². The fourth-order valence-corrected chi connectivity index (χ4v) is 2.20. The number of nitrogens with zero attached hydrogens (tertiary/aromatic N) is 2. The molecule has 0 spiro atoms. The van der Waals surface area contributed by atoms with Gasteiger partial charge in [0.15, 0.2) is 5.82 Å². The predicted molar refractivity (Wildman–Crippen MR) is 80.7 cm³/mol. The third-order valence-electron chi connectivity index (χ3n) is 3.20.